The average molecular weight is 380 g/mol. The van der Waals surface area contributed by atoms with E-state index in [4.69, 9.17) is 10.2 Å². The molecule has 0 spiro atoms. The fourth-order valence-electron chi connectivity index (χ4n) is 2.74. The molecular weight excluding hydrogens is 345 g/mol. The van der Waals surface area contributed by atoms with Crippen LogP contribution in [0, 0.1) is 0 Å². The Labute approximate surface area is 179 Å². The molecule has 0 rings (SSSR count). The molecule has 0 aromatic rings. The van der Waals surface area contributed by atoms with Crippen molar-refractivity contribution in [3.8, 4) is 0 Å². The third kappa shape index (κ3) is 18.2. The minimum atomic E-state index is -1.19. The first kappa shape index (κ1) is 27.6. The van der Waals surface area contributed by atoms with Gasteiger partial charge in [-0.25, -0.2) is 4.79 Å². The van der Waals surface area contributed by atoms with E-state index in [0.29, 0.717) is 6.42 Å². The maximum Gasteiger partial charge on any atom is 1.00 e. The van der Waals surface area contributed by atoms with Crippen LogP contribution in [0.1, 0.15) is 96.8 Å². The van der Waals surface area contributed by atoms with Gasteiger partial charge in [0.1, 0.15) is 6.04 Å². The summed E-state index contributed by atoms with van der Waals surface area (Å²) in [5.74, 6) is -2.56. The number of aliphatic carboxylic acids is 2. The Hall–Kier alpha value is -0.590. The van der Waals surface area contributed by atoms with E-state index in [-0.39, 0.29) is 48.3 Å². The van der Waals surface area contributed by atoms with Crippen LogP contribution in [0.2, 0.25) is 0 Å². The van der Waals surface area contributed by atoms with Gasteiger partial charge >= 0.3 is 41.5 Å². The summed E-state index contributed by atoms with van der Waals surface area (Å²) in [5, 5.41) is 20.0. The summed E-state index contributed by atoms with van der Waals surface area (Å²) in [6.07, 6.45) is 13.1. The van der Waals surface area contributed by atoms with Crippen LogP contribution in [-0.4, -0.2) is 34.1 Å². The zero-order chi connectivity index (χ0) is 18.9. The van der Waals surface area contributed by atoms with E-state index < -0.39 is 18.0 Å². The monoisotopic (exact) mass is 380 g/mol. The number of carbonyl (C=O) groups excluding carboxylic acids is 1. The molecule has 0 aromatic carbocycles. The van der Waals surface area contributed by atoms with E-state index in [1.165, 1.54) is 51.4 Å². The van der Waals surface area contributed by atoms with E-state index in [1.807, 2.05) is 0 Å². The average Bonchev–Trinajstić information content (AvgIpc) is 2.56. The second-order valence-corrected chi connectivity index (χ2v) is 6.68. The van der Waals surface area contributed by atoms with Crippen molar-refractivity contribution in [2.45, 2.75) is 103 Å². The van der Waals surface area contributed by atoms with Gasteiger partial charge in [0.05, 0.1) is 0 Å². The van der Waals surface area contributed by atoms with Crippen molar-refractivity contribution in [2.24, 2.45) is 0 Å². The van der Waals surface area contributed by atoms with E-state index in [1.54, 1.807) is 0 Å². The topological polar surface area (TPSA) is 104 Å². The van der Waals surface area contributed by atoms with Gasteiger partial charge in [-0.1, -0.05) is 71.1 Å². The smallest absolute Gasteiger partial charge is 0.481 e. The molecule has 1 amide bonds. The maximum atomic E-state index is 11.7. The van der Waals surface area contributed by atoms with Crippen molar-refractivity contribution < 1.29 is 54.2 Å². The Morgan fingerprint density at radius 2 is 1.23 bits per heavy atom. The number of nitrogens with one attached hydrogen (secondary N) is 1. The fourth-order valence-corrected chi connectivity index (χ4v) is 2.74. The second-order valence-electron chi connectivity index (χ2n) is 6.68. The summed E-state index contributed by atoms with van der Waals surface area (Å²) in [4.78, 5) is 33.2. The number of hydrogen-bond acceptors (Lipinski definition) is 3. The van der Waals surface area contributed by atoms with Crippen LogP contribution < -0.4 is 34.9 Å². The van der Waals surface area contributed by atoms with Crippen molar-refractivity contribution in [3.05, 3.63) is 0 Å². The van der Waals surface area contributed by atoms with Crippen LogP contribution in [0.3, 0.4) is 0 Å². The molecule has 0 aliphatic carbocycles. The Bertz CT molecular complexity index is 390. The molecule has 7 heteroatoms. The Kier molecular flexibility index (Phi) is 20.4. The van der Waals surface area contributed by atoms with Crippen molar-refractivity contribution in [1.82, 2.24) is 5.32 Å². The van der Waals surface area contributed by atoms with Crippen molar-refractivity contribution in [2.75, 3.05) is 0 Å². The molecule has 0 aliphatic heterocycles. The van der Waals surface area contributed by atoms with E-state index in [0.717, 1.165) is 19.3 Å². The van der Waals surface area contributed by atoms with Gasteiger partial charge in [-0.3, -0.25) is 9.59 Å². The summed E-state index contributed by atoms with van der Waals surface area (Å²) >= 11 is 0. The predicted molar refractivity (Wildman–Crippen MR) is 97.5 cm³/mol. The molecule has 146 valence electrons. The molecule has 0 aromatic heterocycles. The Morgan fingerprint density at radius 1 is 0.769 bits per heavy atom. The Morgan fingerprint density at radius 3 is 1.65 bits per heavy atom. The summed E-state index contributed by atoms with van der Waals surface area (Å²) < 4.78 is 0. The van der Waals surface area contributed by atoms with Gasteiger partial charge in [0.25, 0.3) is 0 Å². The van der Waals surface area contributed by atoms with Crippen molar-refractivity contribution in [3.63, 3.8) is 0 Å². The fraction of sp³-hybridized carbons (Fsp3) is 0.842. The molecule has 6 nitrogen and oxygen atoms in total. The van der Waals surface area contributed by atoms with E-state index in [2.05, 4.69) is 12.2 Å². The number of unbranched alkanes of at least 4 members (excludes halogenated alkanes) is 10. The van der Waals surface area contributed by atoms with Crippen molar-refractivity contribution in [1.29, 1.82) is 0 Å². The standard InChI is InChI=1S/C19H35NO5.Na/c1-2-3-4-5-6-7-8-9-10-11-12-13-17(21)20-16(19(24)25)14-15-18(22)23;/h16H,2-15H2,1H3,(H,20,21)(H,22,23)(H,24,25);/q;+1. The number of hydrogen-bond donors (Lipinski definition) is 3. The molecule has 0 bridgehead atoms. The first-order valence-electron chi connectivity index (χ1n) is 9.71. The third-order valence-corrected chi connectivity index (χ3v) is 4.29. The number of carboxylic acid groups (broad SMARTS) is 2. The largest absolute Gasteiger partial charge is 1.00 e. The van der Waals surface area contributed by atoms with Crippen LogP contribution in [0.5, 0.6) is 0 Å². The normalized spacial score (nSPS) is 11.4. The molecule has 0 radical (unpaired) electrons. The first-order valence-corrected chi connectivity index (χ1v) is 9.71. The third-order valence-electron chi connectivity index (χ3n) is 4.29. The zero-order valence-corrected chi connectivity index (χ0v) is 18.6. The number of carboxylic acids is 2. The summed E-state index contributed by atoms with van der Waals surface area (Å²) in [6, 6.07) is -1.11. The Balaban J connectivity index is 0. The van der Waals surface area contributed by atoms with Gasteiger partial charge in [-0.05, 0) is 12.8 Å². The van der Waals surface area contributed by atoms with E-state index >= 15 is 0 Å². The van der Waals surface area contributed by atoms with Crippen LogP contribution in [-0.2, 0) is 14.4 Å². The quantitative estimate of drug-likeness (QED) is 0.259. The summed E-state index contributed by atoms with van der Waals surface area (Å²) in [7, 11) is 0. The number of amides is 1. The predicted octanol–water partition coefficient (Wildman–Crippen LogP) is 1.13. The van der Waals surface area contributed by atoms with Crippen LogP contribution in [0.4, 0.5) is 0 Å². The molecule has 1 unspecified atom stereocenters. The molecule has 0 fully saturated rings. The number of carbonyl (C=O) groups is 3. The van der Waals surface area contributed by atoms with Crippen molar-refractivity contribution >= 4 is 17.8 Å². The van der Waals surface area contributed by atoms with Crippen LogP contribution >= 0.6 is 0 Å². The molecule has 0 saturated carbocycles. The minimum Gasteiger partial charge on any atom is -0.481 e. The minimum absolute atomic E-state index is 0. The van der Waals surface area contributed by atoms with Gasteiger partial charge in [0.15, 0.2) is 0 Å². The molecule has 0 saturated heterocycles. The molecule has 0 aliphatic rings. The van der Waals surface area contributed by atoms with Gasteiger partial charge < -0.3 is 15.5 Å². The van der Waals surface area contributed by atoms with Gasteiger partial charge in [0.2, 0.25) is 5.91 Å². The number of rotatable bonds is 17. The van der Waals surface area contributed by atoms with Gasteiger partial charge in [-0.15, -0.1) is 0 Å². The molecular formula is C19H35NNaO5+. The van der Waals surface area contributed by atoms with Crippen LogP contribution in [0.25, 0.3) is 0 Å². The zero-order valence-electron chi connectivity index (χ0n) is 16.6. The molecule has 1 atom stereocenters. The van der Waals surface area contributed by atoms with Crippen LogP contribution in [0.15, 0.2) is 0 Å². The van der Waals surface area contributed by atoms with E-state index in [9.17, 15) is 14.4 Å². The molecule has 3 N–H and O–H groups in total. The summed E-state index contributed by atoms with van der Waals surface area (Å²) in [6.45, 7) is 2.22. The molecule has 26 heavy (non-hydrogen) atoms. The maximum absolute atomic E-state index is 11.7. The van der Waals surface area contributed by atoms with Gasteiger partial charge in [0, 0.05) is 12.8 Å². The first-order chi connectivity index (χ1) is 12.0. The van der Waals surface area contributed by atoms with Gasteiger partial charge in [-0.2, -0.15) is 0 Å². The molecule has 0 heterocycles. The SMILES string of the molecule is CCCCCCCCCCCCCC(=O)NC(CCC(=O)O)C(=O)O.[Na+]. The second kappa shape index (κ2) is 19.2. The summed E-state index contributed by atoms with van der Waals surface area (Å²) in [5.41, 5.74) is 0.